The van der Waals surface area contributed by atoms with Gasteiger partial charge < -0.3 is 4.57 Å². The second-order valence-electron chi connectivity index (χ2n) is 5.71. The van der Waals surface area contributed by atoms with Gasteiger partial charge in [-0.2, -0.15) is 0 Å². The first-order valence-corrected chi connectivity index (χ1v) is 7.00. The van der Waals surface area contributed by atoms with Gasteiger partial charge >= 0.3 is 0 Å². The molecule has 3 rings (SSSR count). The average molecular weight is 242 g/mol. The quantitative estimate of drug-likeness (QED) is 0.783. The smallest absolute Gasteiger partial charge is 0.0480 e. The standard InChI is InChI=1S/C16H22N2/c1-13-7-9-18(10-8-13)12-15-11-14-5-3-4-6-16(14)17(15)2/h3-6,11,13H,7-10,12H2,1-2H3. The van der Waals surface area contributed by atoms with Crippen LogP contribution in [0.1, 0.15) is 25.5 Å². The average Bonchev–Trinajstić information content (AvgIpc) is 2.70. The monoisotopic (exact) mass is 242 g/mol. The Kier molecular flexibility index (Phi) is 3.13. The lowest BCUT2D eigenvalue weighted by Gasteiger charge is -2.30. The van der Waals surface area contributed by atoms with Gasteiger partial charge in [0.2, 0.25) is 0 Å². The van der Waals surface area contributed by atoms with Gasteiger partial charge in [-0.1, -0.05) is 25.1 Å². The van der Waals surface area contributed by atoms with Crippen LogP contribution in [-0.2, 0) is 13.6 Å². The molecule has 0 atom stereocenters. The Morgan fingerprint density at radius 3 is 2.61 bits per heavy atom. The predicted octanol–water partition coefficient (Wildman–Crippen LogP) is 3.41. The van der Waals surface area contributed by atoms with Crippen molar-refractivity contribution in [2.24, 2.45) is 13.0 Å². The number of aromatic nitrogens is 1. The summed E-state index contributed by atoms with van der Waals surface area (Å²) >= 11 is 0. The van der Waals surface area contributed by atoms with Crippen molar-refractivity contribution in [1.82, 2.24) is 9.47 Å². The molecule has 1 aromatic heterocycles. The minimum absolute atomic E-state index is 0.911. The van der Waals surface area contributed by atoms with Gasteiger partial charge in [-0.25, -0.2) is 0 Å². The molecular weight excluding hydrogens is 220 g/mol. The fourth-order valence-corrected chi connectivity index (χ4v) is 2.95. The zero-order valence-electron chi connectivity index (χ0n) is 11.4. The largest absolute Gasteiger partial charge is 0.346 e. The number of para-hydroxylation sites is 1. The van der Waals surface area contributed by atoms with Crippen LogP contribution in [0.4, 0.5) is 0 Å². The predicted molar refractivity (Wildman–Crippen MR) is 76.6 cm³/mol. The van der Waals surface area contributed by atoms with Gasteiger partial charge in [0, 0.05) is 24.8 Å². The van der Waals surface area contributed by atoms with Crippen LogP contribution in [0.25, 0.3) is 10.9 Å². The van der Waals surface area contributed by atoms with Gasteiger partial charge in [0.1, 0.15) is 0 Å². The first kappa shape index (κ1) is 11.8. The Morgan fingerprint density at radius 1 is 1.17 bits per heavy atom. The van der Waals surface area contributed by atoms with E-state index in [1.54, 1.807) is 0 Å². The van der Waals surface area contributed by atoms with E-state index in [0.717, 1.165) is 12.5 Å². The Morgan fingerprint density at radius 2 is 1.89 bits per heavy atom. The summed E-state index contributed by atoms with van der Waals surface area (Å²) in [5, 5.41) is 1.36. The third-order valence-electron chi connectivity index (χ3n) is 4.31. The number of nitrogens with zero attached hydrogens (tertiary/aromatic N) is 2. The summed E-state index contributed by atoms with van der Waals surface area (Å²) in [6.45, 7) is 5.97. The Labute approximate surface area is 109 Å². The molecule has 0 unspecified atom stereocenters. The van der Waals surface area contributed by atoms with Crippen molar-refractivity contribution in [3.63, 3.8) is 0 Å². The molecule has 0 amide bonds. The molecule has 2 heteroatoms. The molecule has 1 fully saturated rings. The number of rotatable bonds is 2. The highest BCUT2D eigenvalue weighted by molar-refractivity contribution is 5.81. The van der Waals surface area contributed by atoms with E-state index >= 15 is 0 Å². The maximum Gasteiger partial charge on any atom is 0.0480 e. The number of benzene rings is 1. The number of likely N-dealkylation sites (tertiary alicyclic amines) is 1. The number of hydrogen-bond donors (Lipinski definition) is 0. The van der Waals surface area contributed by atoms with Crippen LogP contribution < -0.4 is 0 Å². The van der Waals surface area contributed by atoms with Crippen LogP contribution >= 0.6 is 0 Å². The molecule has 0 bridgehead atoms. The normalized spacial score (nSPS) is 18.6. The van der Waals surface area contributed by atoms with Gasteiger partial charge in [-0.3, -0.25) is 4.90 Å². The van der Waals surface area contributed by atoms with E-state index < -0.39 is 0 Å². The van der Waals surface area contributed by atoms with Crippen LogP contribution in [0, 0.1) is 5.92 Å². The summed E-state index contributed by atoms with van der Waals surface area (Å²) in [4.78, 5) is 2.59. The number of hydrogen-bond acceptors (Lipinski definition) is 1. The van der Waals surface area contributed by atoms with Gasteiger partial charge in [0.05, 0.1) is 0 Å². The molecule has 0 spiro atoms. The number of fused-ring (bicyclic) bond motifs is 1. The molecule has 1 aliphatic rings. The number of piperidine rings is 1. The third kappa shape index (κ3) is 2.17. The van der Waals surface area contributed by atoms with Crippen LogP contribution in [0.15, 0.2) is 30.3 Å². The van der Waals surface area contributed by atoms with Crippen molar-refractivity contribution in [3.8, 4) is 0 Å². The van der Waals surface area contributed by atoms with E-state index in [1.807, 2.05) is 0 Å². The minimum atomic E-state index is 0.911. The summed E-state index contributed by atoms with van der Waals surface area (Å²) < 4.78 is 2.34. The maximum absolute atomic E-state index is 2.59. The van der Waals surface area contributed by atoms with Crippen molar-refractivity contribution < 1.29 is 0 Å². The molecule has 96 valence electrons. The van der Waals surface area contributed by atoms with Gasteiger partial charge in [-0.05, 0) is 49.4 Å². The summed E-state index contributed by atoms with van der Waals surface area (Å²) in [6, 6.07) is 11.0. The maximum atomic E-state index is 2.59. The van der Waals surface area contributed by atoms with Crippen molar-refractivity contribution in [2.75, 3.05) is 13.1 Å². The SMILES string of the molecule is CC1CCN(Cc2cc3ccccc3n2C)CC1. The molecule has 2 nitrogen and oxygen atoms in total. The van der Waals surface area contributed by atoms with E-state index in [4.69, 9.17) is 0 Å². The molecular formula is C16H22N2. The van der Waals surface area contributed by atoms with Crippen LogP contribution in [0.3, 0.4) is 0 Å². The molecule has 0 N–H and O–H groups in total. The highest BCUT2D eigenvalue weighted by Crippen LogP contribution is 2.22. The number of aryl methyl sites for hydroxylation is 1. The molecule has 0 saturated carbocycles. The molecule has 18 heavy (non-hydrogen) atoms. The lowest BCUT2D eigenvalue weighted by molar-refractivity contribution is 0.182. The van der Waals surface area contributed by atoms with Gasteiger partial charge in [-0.15, -0.1) is 0 Å². The van der Waals surface area contributed by atoms with E-state index in [-0.39, 0.29) is 0 Å². The summed E-state index contributed by atoms with van der Waals surface area (Å²) in [5.74, 6) is 0.911. The van der Waals surface area contributed by atoms with Crippen LogP contribution in [0.5, 0.6) is 0 Å². The molecule has 2 heterocycles. The molecule has 1 saturated heterocycles. The second-order valence-corrected chi connectivity index (χ2v) is 5.71. The van der Waals surface area contributed by atoms with Gasteiger partial charge in [0.15, 0.2) is 0 Å². The van der Waals surface area contributed by atoms with E-state index in [9.17, 15) is 0 Å². The Balaban J connectivity index is 1.80. The molecule has 2 aromatic rings. The molecule has 1 aliphatic heterocycles. The summed E-state index contributed by atoms with van der Waals surface area (Å²) in [7, 11) is 2.18. The third-order valence-corrected chi connectivity index (χ3v) is 4.31. The van der Waals surface area contributed by atoms with E-state index in [2.05, 4.69) is 53.8 Å². The Bertz CT molecular complexity index is 533. The summed E-state index contributed by atoms with van der Waals surface area (Å²) in [6.07, 6.45) is 2.70. The molecule has 1 aromatic carbocycles. The molecule has 0 aliphatic carbocycles. The van der Waals surface area contributed by atoms with Crippen LogP contribution in [0.2, 0.25) is 0 Å². The molecule has 0 radical (unpaired) electrons. The van der Waals surface area contributed by atoms with Crippen LogP contribution in [-0.4, -0.2) is 22.6 Å². The highest BCUT2D eigenvalue weighted by atomic mass is 15.1. The lowest BCUT2D eigenvalue weighted by atomic mass is 9.99. The Hall–Kier alpha value is -1.28. The minimum Gasteiger partial charge on any atom is -0.346 e. The zero-order chi connectivity index (χ0) is 12.5. The topological polar surface area (TPSA) is 8.17 Å². The van der Waals surface area contributed by atoms with E-state index in [1.165, 1.54) is 42.5 Å². The fraction of sp³-hybridized carbons (Fsp3) is 0.500. The van der Waals surface area contributed by atoms with Crippen molar-refractivity contribution in [3.05, 3.63) is 36.0 Å². The lowest BCUT2D eigenvalue weighted by Crippen LogP contribution is -2.32. The van der Waals surface area contributed by atoms with E-state index in [0.29, 0.717) is 0 Å². The fourth-order valence-electron chi connectivity index (χ4n) is 2.95. The van der Waals surface area contributed by atoms with Gasteiger partial charge in [0.25, 0.3) is 0 Å². The van der Waals surface area contributed by atoms with Crippen molar-refractivity contribution in [2.45, 2.75) is 26.3 Å². The van der Waals surface area contributed by atoms with Crippen molar-refractivity contribution >= 4 is 10.9 Å². The van der Waals surface area contributed by atoms with Crippen molar-refractivity contribution in [1.29, 1.82) is 0 Å². The highest BCUT2D eigenvalue weighted by Gasteiger charge is 2.17. The zero-order valence-corrected chi connectivity index (χ0v) is 11.4. The second kappa shape index (κ2) is 4.77. The first-order valence-electron chi connectivity index (χ1n) is 7.00. The summed E-state index contributed by atoms with van der Waals surface area (Å²) in [5.41, 5.74) is 2.78. The first-order chi connectivity index (χ1) is 8.74.